The van der Waals surface area contributed by atoms with Crippen LogP contribution in [-0.2, 0) is 0 Å². The molecule has 0 saturated carbocycles. The summed E-state index contributed by atoms with van der Waals surface area (Å²) in [7, 11) is 0. The first-order valence-electron chi connectivity index (χ1n) is 4.18. The van der Waals surface area contributed by atoms with Crippen molar-refractivity contribution < 1.29 is 5.11 Å². The maximum atomic E-state index is 8.78. The van der Waals surface area contributed by atoms with Gasteiger partial charge in [0.1, 0.15) is 0 Å². The summed E-state index contributed by atoms with van der Waals surface area (Å²) in [5.41, 5.74) is 1.67. The summed E-state index contributed by atoms with van der Waals surface area (Å²) in [6.45, 7) is 5.63. The summed E-state index contributed by atoms with van der Waals surface area (Å²) in [5.74, 6) is 0.463. The van der Waals surface area contributed by atoms with Crippen molar-refractivity contribution in [2.75, 3.05) is 11.9 Å². The van der Waals surface area contributed by atoms with E-state index < -0.39 is 0 Å². The molecule has 1 aromatic rings. The molecule has 0 amide bonds. The van der Waals surface area contributed by atoms with Gasteiger partial charge in [0.25, 0.3) is 0 Å². The Bertz CT molecular complexity index is 289. The number of aromatic nitrogens is 3. The summed E-state index contributed by atoms with van der Waals surface area (Å²) in [4.78, 5) is 4.16. The first-order chi connectivity index (χ1) is 6.13. The molecule has 1 atom stereocenters. The highest BCUT2D eigenvalue weighted by Crippen LogP contribution is 2.02. The van der Waals surface area contributed by atoms with Crippen LogP contribution in [-0.4, -0.2) is 32.9 Å². The molecule has 5 heteroatoms. The average molecular weight is 182 g/mol. The molecule has 0 saturated heterocycles. The molecule has 0 fully saturated rings. The van der Waals surface area contributed by atoms with Gasteiger partial charge in [0.05, 0.1) is 18.0 Å². The molecule has 0 bridgehead atoms. The smallest absolute Gasteiger partial charge is 0.243 e. The molecule has 0 radical (unpaired) electrons. The lowest BCUT2D eigenvalue weighted by Gasteiger charge is -2.10. The third-order valence-corrected chi connectivity index (χ3v) is 1.74. The molecule has 13 heavy (non-hydrogen) atoms. The van der Waals surface area contributed by atoms with Gasteiger partial charge in [0.2, 0.25) is 5.95 Å². The topological polar surface area (TPSA) is 70.9 Å². The number of nitrogens with one attached hydrogen (secondary N) is 1. The van der Waals surface area contributed by atoms with Crippen LogP contribution in [0.15, 0.2) is 0 Å². The highest BCUT2D eigenvalue weighted by Gasteiger charge is 2.04. The summed E-state index contributed by atoms with van der Waals surface area (Å²) in [5, 5.41) is 19.5. The van der Waals surface area contributed by atoms with Gasteiger partial charge in [-0.1, -0.05) is 0 Å². The van der Waals surface area contributed by atoms with Crippen LogP contribution in [0.25, 0.3) is 0 Å². The zero-order chi connectivity index (χ0) is 9.84. The maximum absolute atomic E-state index is 8.78. The number of hydrogen-bond donors (Lipinski definition) is 2. The molecule has 1 rings (SSSR count). The van der Waals surface area contributed by atoms with Crippen molar-refractivity contribution in [3.05, 3.63) is 11.4 Å². The number of aliphatic hydroxyl groups excluding tert-OH is 1. The van der Waals surface area contributed by atoms with Crippen LogP contribution in [0.3, 0.4) is 0 Å². The predicted molar refractivity (Wildman–Crippen MR) is 49.5 cm³/mol. The fraction of sp³-hybridized carbons (Fsp3) is 0.625. The zero-order valence-corrected chi connectivity index (χ0v) is 8.07. The third-order valence-electron chi connectivity index (χ3n) is 1.74. The zero-order valence-electron chi connectivity index (χ0n) is 8.07. The first-order valence-corrected chi connectivity index (χ1v) is 4.18. The highest BCUT2D eigenvalue weighted by molar-refractivity contribution is 5.25. The van der Waals surface area contributed by atoms with Gasteiger partial charge >= 0.3 is 0 Å². The Balaban J connectivity index is 2.73. The van der Waals surface area contributed by atoms with Crippen molar-refractivity contribution in [2.45, 2.75) is 26.8 Å². The van der Waals surface area contributed by atoms with Crippen LogP contribution in [0.5, 0.6) is 0 Å². The van der Waals surface area contributed by atoms with Gasteiger partial charge in [0.15, 0.2) is 0 Å². The van der Waals surface area contributed by atoms with E-state index in [4.69, 9.17) is 5.11 Å². The number of hydrogen-bond acceptors (Lipinski definition) is 5. The molecule has 0 aliphatic carbocycles. The van der Waals surface area contributed by atoms with Crippen LogP contribution in [0, 0.1) is 13.8 Å². The normalized spacial score (nSPS) is 12.6. The molecule has 0 spiro atoms. The number of aryl methyl sites for hydroxylation is 2. The first kappa shape index (κ1) is 9.85. The molecule has 0 aliphatic rings. The quantitative estimate of drug-likeness (QED) is 0.702. The Hall–Kier alpha value is -1.23. The number of aliphatic hydroxyl groups is 1. The molecule has 2 N–H and O–H groups in total. The van der Waals surface area contributed by atoms with E-state index in [0.29, 0.717) is 5.95 Å². The average Bonchev–Trinajstić information content (AvgIpc) is 2.11. The van der Waals surface area contributed by atoms with Gasteiger partial charge in [0, 0.05) is 6.04 Å². The predicted octanol–water partition coefficient (Wildman–Crippen LogP) is 0.281. The van der Waals surface area contributed by atoms with Crippen molar-refractivity contribution in [2.24, 2.45) is 0 Å². The van der Waals surface area contributed by atoms with Crippen molar-refractivity contribution in [3.63, 3.8) is 0 Å². The minimum Gasteiger partial charge on any atom is -0.394 e. The molecular formula is C8H14N4O. The molecule has 0 aliphatic heterocycles. The largest absolute Gasteiger partial charge is 0.394 e. The van der Waals surface area contributed by atoms with Crippen molar-refractivity contribution in [3.8, 4) is 0 Å². The van der Waals surface area contributed by atoms with Gasteiger partial charge in [-0.05, 0) is 20.8 Å². The number of nitrogens with zero attached hydrogens (tertiary/aromatic N) is 3. The van der Waals surface area contributed by atoms with Gasteiger partial charge in [-0.2, -0.15) is 5.10 Å². The third kappa shape index (κ3) is 2.62. The maximum Gasteiger partial charge on any atom is 0.243 e. The molecule has 5 nitrogen and oxygen atoms in total. The monoisotopic (exact) mass is 182 g/mol. The van der Waals surface area contributed by atoms with E-state index in [1.807, 2.05) is 20.8 Å². The Morgan fingerprint density at radius 2 is 2.00 bits per heavy atom. The minimum atomic E-state index is -0.0519. The summed E-state index contributed by atoms with van der Waals surface area (Å²) in [6.07, 6.45) is 0. The fourth-order valence-electron chi connectivity index (χ4n) is 0.784. The molecule has 72 valence electrons. The molecule has 0 unspecified atom stereocenters. The Morgan fingerprint density at radius 1 is 1.31 bits per heavy atom. The van der Waals surface area contributed by atoms with Crippen molar-refractivity contribution >= 4 is 5.95 Å². The van der Waals surface area contributed by atoms with Crippen molar-refractivity contribution in [1.29, 1.82) is 0 Å². The van der Waals surface area contributed by atoms with Gasteiger partial charge in [-0.15, -0.1) is 5.10 Å². The lowest BCUT2D eigenvalue weighted by molar-refractivity contribution is 0.281. The second kappa shape index (κ2) is 4.13. The molecule has 1 aromatic heterocycles. The van der Waals surface area contributed by atoms with Crippen LogP contribution >= 0.6 is 0 Å². The summed E-state index contributed by atoms with van der Waals surface area (Å²) >= 11 is 0. The number of rotatable bonds is 3. The summed E-state index contributed by atoms with van der Waals surface area (Å²) in [6, 6.07) is -0.0519. The van der Waals surface area contributed by atoms with E-state index in [0.717, 1.165) is 11.4 Å². The van der Waals surface area contributed by atoms with E-state index in [1.54, 1.807) is 0 Å². The fourth-order valence-corrected chi connectivity index (χ4v) is 0.784. The Morgan fingerprint density at radius 3 is 2.54 bits per heavy atom. The second-order valence-corrected chi connectivity index (χ2v) is 3.03. The van der Waals surface area contributed by atoms with Crippen LogP contribution in [0.1, 0.15) is 18.3 Å². The molecule has 1 heterocycles. The lowest BCUT2D eigenvalue weighted by atomic mass is 10.3. The van der Waals surface area contributed by atoms with E-state index in [1.165, 1.54) is 0 Å². The van der Waals surface area contributed by atoms with E-state index in [9.17, 15) is 0 Å². The Kier molecular flexibility index (Phi) is 3.13. The van der Waals surface area contributed by atoms with E-state index >= 15 is 0 Å². The van der Waals surface area contributed by atoms with Crippen LogP contribution in [0.4, 0.5) is 5.95 Å². The van der Waals surface area contributed by atoms with Gasteiger partial charge in [-0.3, -0.25) is 0 Å². The number of anilines is 1. The second-order valence-electron chi connectivity index (χ2n) is 3.03. The van der Waals surface area contributed by atoms with E-state index in [-0.39, 0.29) is 12.6 Å². The van der Waals surface area contributed by atoms with Crippen LogP contribution < -0.4 is 5.32 Å². The molecular weight excluding hydrogens is 168 g/mol. The van der Waals surface area contributed by atoms with E-state index in [2.05, 4.69) is 20.5 Å². The van der Waals surface area contributed by atoms with Gasteiger partial charge < -0.3 is 10.4 Å². The minimum absolute atomic E-state index is 0.0519. The van der Waals surface area contributed by atoms with Gasteiger partial charge in [-0.25, -0.2) is 4.98 Å². The van der Waals surface area contributed by atoms with Crippen molar-refractivity contribution in [1.82, 2.24) is 15.2 Å². The highest BCUT2D eigenvalue weighted by atomic mass is 16.3. The Labute approximate surface area is 77.2 Å². The standard InChI is InChI=1S/C8H14N4O/c1-5(4-13)9-8-10-6(2)7(3)11-12-8/h5,13H,4H2,1-3H3,(H,9,10,12)/t5-/m0/s1. The summed E-state index contributed by atoms with van der Waals surface area (Å²) < 4.78 is 0. The molecule has 0 aromatic carbocycles. The SMILES string of the molecule is Cc1nnc(N[C@@H](C)CO)nc1C. The lowest BCUT2D eigenvalue weighted by Crippen LogP contribution is -2.21. The van der Waals surface area contributed by atoms with Crippen LogP contribution in [0.2, 0.25) is 0 Å².